The number of halogens is 1. The second-order valence-corrected chi connectivity index (χ2v) is 3.25. The number of aliphatic hydroxyl groups is 1. The first kappa shape index (κ1) is 11.9. The summed E-state index contributed by atoms with van der Waals surface area (Å²) in [6, 6.07) is 4.77. The summed E-state index contributed by atoms with van der Waals surface area (Å²) in [4.78, 5) is 0. The average Bonchev–Trinajstić information content (AvgIpc) is 2.25. The van der Waals surface area contributed by atoms with Crippen molar-refractivity contribution in [3.05, 3.63) is 29.6 Å². The zero-order valence-corrected chi connectivity index (χ0v) is 8.96. The fraction of sp³-hybridized carbons (Fsp3) is 0.455. The summed E-state index contributed by atoms with van der Waals surface area (Å²) in [5.41, 5.74) is 0.810. The number of ether oxygens (including phenoxy) is 1. The molecule has 1 rings (SSSR count). The van der Waals surface area contributed by atoms with E-state index in [0.717, 1.165) is 5.56 Å². The van der Waals surface area contributed by atoms with Crippen LogP contribution in [0.2, 0.25) is 0 Å². The minimum Gasteiger partial charge on any atom is -0.494 e. The van der Waals surface area contributed by atoms with E-state index in [-0.39, 0.29) is 24.2 Å². The Kier molecular flexibility index (Phi) is 4.52. The first-order chi connectivity index (χ1) is 7.22. The summed E-state index contributed by atoms with van der Waals surface area (Å²) < 4.78 is 18.2. The number of hydrogen-bond acceptors (Lipinski definition) is 3. The van der Waals surface area contributed by atoms with E-state index < -0.39 is 0 Å². The van der Waals surface area contributed by atoms with Crippen molar-refractivity contribution in [3.63, 3.8) is 0 Å². The maximum Gasteiger partial charge on any atom is 0.165 e. The van der Waals surface area contributed by atoms with Crippen LogP contribution in [0.1, 0.15) is 18.0 Å². The first-order valence-corrected chi connectivity index (χ1v) is 4.84. The predicted octanol–water partition coefficient (Wildman–Crippen LogP) is 1.48. The highest BCUT2D eigenvalue weighted by atomic mass is 19.1. The second-order valence-electron chi connectivity index (χ2n) is 3.25. The molecule has 1 unspecified atom stereocenters. The molecule has 2 N–H and O–H groups in total. The molecule has 3 nitrogen and oxygen atoms in total. The lowest BCUT2D eigenvalue weighted by atomic mass is 10.0. The summed E-state index contributed by atoms with van der Waals surface area (Å²) in [5, 5.41) is 11.9. The SMILES string of the molecule is CNC(CCO)c1ccc(OC)c(F)c1. The molecule has 0 bridgehead atoms. The van der Waals surface area contributed by atoms with Crippen LogP contribution in [0, 0.1) is 5.82 Å². The summed E-state index contributed by atoms with van der Waals surface area (Å²) >= 11 is 0. The molecule has 1 atom stereocenters. The number of aliphatic hydroxyl groups excluding tert-OH is 1. The number of hydrogen-bond donors (Lipinski definition) is 2. The van der Waals surface area contributed by atoms with Gasteiger partial charge in [0.1, 0.15) is 0 Å². The van der Waals surface area contributed by atoms with E-state index in [2.05, 4.69) is 5.32 Å². The van der Waals surface area contributed by atoms with Crippen molar-refractivity contribution in [1.82, 2.24) is 5.32 Å². The van der Waals surface area contributed by atoms with Crippen LogP contribution in [0.4, 0.5) is 4.39 Å². The zero-order valence-electron chi connectivity index (χ0n) is 8.96. The molecule has 0 amide bonds. The number of benzene rings is 1. The quantitative estimate of drug-likeness (QED) is 0.778. The van der Waals surface area contributed by atoms with E-state index in [4.69, 9.17) is 9.84 Å². The van der Waals surface area contributed by atoms with Crippen LogP contribution >= 0.6 is 0 Å². The maximum atomic E-state index is 13.4. The lowest BCUT2D eigenvalue weighted by Crippen LogP contribution is -2.17. The number of nitrogens with one attached hydrogen (secondary N) is 1. The first-order valence-electron chi connectivity index (χ1n) is 4.84. The van der Waals surface area contributed by atoms with E-state index >= 15 is 0 Å². The van der Waals surface area contributed by atoms with Crippen LogP contribution in [-0.4, -0.2) is 25.9 Å². The normalized spacial score (nSPS) is 12.5. The molecule has 0 aliphatic rings. The van der Waals surface area contributed by atoms with Crippen molar-refractivity contribution < 1.29 is 14.2 Å². The Bertz CT molecular complexity index is 317. The molecule has 15 heavy (non-hydrogen) atoms. The fourth-order valence-corrected chi connectivity index (χ4v) is 1.51. The van der Waals surface area contributed by atoms with Crippen LogP contribution in [0.3, 0.4) is 0 Å². The standard InChI is InChI=1S/C11H16FNO2/c1-13-10(5-6-14)8-3-4-11(15-2)9(12)7-8/h3-4,7,10,13-14H,5-6H2,1-2H3. The van der Waals surface area contributed by atoms with Crippen LogP contribution in [-0.2, 0) is 0 Å². The van der Waals surface area contributed by atoms with Gasteiger partial charge in [-0.3, -0.25) is 0 Å². The van der Waals surface area contributed by atoms with Crippen LogP contribution < -0.4 is 10.1 Å². The van der Waals surface area contributed by atoms with Gasteiger partial charge in [0, 0.05) is 12.6 Å². The lowest BCUT2D eigenvalue weighted by molar-refractivity contribution is 0.268. The molecule has 0 heterocycles. The third kappa shape index (κ3) is 2.91. The number of rotatable bonds is 5. The smallest absolute Gasteiger partial charge is 0.165 e. The molecule has 84 valence electrons. The Balaban J connectivity index is 2.89. The van der Waals surface area contributed by atoms with E-state index in [1.165, 1.54) is 13.2 Å². The molecule has 0 saturated heterocycles. The van der Waals surface area contributed by atoms with E-state index in [1.807, 2.05) is 0 Å². The van der Waals surface area contributed by atoms with Crippen molar-refractivity contribution in [2.24, 2.45) is 0 Å². The molecule has 0 fully saturated rings. The Morgan fingerprint density at radius 1 is 1.53 bits per heavy atom. The monoisotopic (exact) mass is 213 g/mol. The minimum atomic E-state index is -0.381. The Hall–Kier alpha value is -1.13. The summed E-state index contributed by atoms with van der Waals surface area (Å²) in [6.45, 7) is 0.0686. The Morgan fingerprint density at radius 3 is 2.73 bits per heavy atom. The molecule has 0 saturated carbocycles. The van der Waals surface area contributed by atoms with Crippen LogP contribution in [0.25, 0.3) is 0 Å². The van der Waals surface area contributed by atoms with Crippen LogP contribution in [0.15, 0.2) is 18.2 Å². The average molecular weight is 213 g/mol. The minimum absolute atomic E-state index is 0.0320. The molecule has 0 aliphatic carbocycles. The van der Waals surface area contributed by atoms with Crippen molar-refractivity contribution in [3.8, 4) is 5.75 Å². The van der Waals surface area contributed by atoms with E-state index in [1.54, 1.807) is 19.2 Å². The molecule has 0 aliphatic heterocycles. The van der Waals surface area contributed by atoms with Gasteiger partial charge < -0.3 is 15.2 Å². The van der Waals surface area contributed by atoms with Gasteiger partial charge in [-0.15, -0.1) is 0 Å². The largest absolute Gasteiger partial charge is 0.494 e. The molecule has 0 aromatic heterocycles. The highest BCUT2D eigenvalue weighted by molar-refractivity contribution is 5.31. The second kappa shape index (κ2) is 5.68. The fourth-order valence-electron chi connectivity index (χ4n) is 1.51. The van der Waals surface area contributed by atoms with Gasteiger partial charge in [0.15, 0.2) is 11.6 Å². The van der Waals surface area contributed by atoms with Gasteiger partial charge in [-0.05, 0) is 31.2 Å². The third-order valence-electron chi connectivity index (χ3n) is 2.34. The van der Waals surface area contributed by atoms with E-state index in [9.17, 15) is 4.39 Å². The van der Waals surface area contributed by atoms with Gasteiger partial charge >= 0.3 is 0 Å². The van der Waals surface area contributed by atoms with Gasteiger partial charge in [0.25, 0.3) is 0 Å². The van der Waals surface area contributed by atoms with Crippen LogP contribution in [0.5, 0.6) is 5.75 Å². The van der Waals surface area contributed by atoms with Crippen molar-refractivity contribution in [1.29, 1.82) is 0 Å². The third-order valence-corrected chi connectivity index (χ3v) is 2.34. The predicted molar refractivity (Wildman–Crippen MR) is 56.5 cm³/mol. The molecule has 1 aromatic carbocycles. The summed E-state index contributed by atoms with van der Waals surface area (Å²) in [7, 11) is 3.21. The van der Waals surface area contributed by atoms with Gasteiger partial charge in [-0.1, -0.05) is 6.07 Å². The zero-order chi connectivity index (χ0) is 11.3. The molecular weight excluding hydrogens is 197 g/mol. The highest BCUT2D eigenvalue weighted by Gasteiger charge is 2.11. The summed E-state index contributed by atoms with van der Waals surface area (Å²) in [6.07, 6.45) is 0.558. The van der Waals surface area contributed by atoms with E-state index in [0.29, 0.717) is 6.42 Å². The maximum absolute atomic E-state index is 13.4. The van der Waals surface area contributed by atoms with Gasteiger partial charge in [-0.2, -0.15) is 0 Å². The molecular formula is C11H16FNO2. The summed E-state index contributed by atoms with van der Waals surface area (Å²) in [5.74, 6) is -0.147. The number of methoxy groups -OCH3 is 1. The lowest BCUT2D eigenvalue weighted by Gasteiger charge is -2.15. The van der Waals surface area contributed by atoms with Crippen molar-refractivity contribution >= 4 is 0 Å². The Morgan fingerprint density at radius 2 is 2.27 bits per heavy atom. The molecule has 0 radical (unpaired) electrons. The highest BCUT2D eigenvalue weighted by Crippen LogP contribution is 2.23. The van der Waals surface area contributed by atoms with Gasteiger partial charge in [0.2, 0.25) is 0 Å². The van der Waals surface area contributed by atoms with Crippen molar-refractivity contribution in [2.75, 3.05) is 20.8 Å². The topological polar surface area (TPSA) is 41.5 Å². The van der Waals surface area contributed by atoms with Gasteiger partial charge in [-0.25, -0.2) is 4.39 Å². The molecule has 1 aromatic rings. The molecule has 0 spiro atoms. The van der Waals surface area contributed by atoms with Gasteiger partial charge in [0.05, 0.1) is 7.11 Å². The molecule has 4 heteroatoms. The Labute approximate surface area is 88.9 Å². The van der Waals surface area contributed by atoms with Crippen molar-refractivity contribution in [2.45, 2.75) is 12.5 Å².